The van der Waals surface area contributed by atoms with Crippen molar-refractivity contribution >= 4 is 34.9 Å². The zero-order valence-corrected chi connectivity index (χ0v) is 23.0. The average molecular weight is 572 g/mol. The highest BCUT2D eigenvalue weighted by Gasteiger charge is 2.70. The summed E-state index contributed by atoms with van der Waals surface area (Å²) in [6.45, 7) is 0. The maximum atomic E-state index is 14.9. The summed E-state index contributed by atoms with van der Waals surface area (Å²) in [5.41, 5.74) is 1.33. The number of methoxy groups -OCH3 is 1. The third-order valence-electron chi connectivity index (χ3n) is 8.84. The Morgan fingerprint density at radius 1 is 0.930 bits per heavy atom. The van der Waals surface area contributed by atoms with E-state index < -0.39 is 45.8 Å². The van der Waals surface area contributed by atoms with Gasteiger partial charge in [0, 0.05) is 29.6 Å². The van der Waals surface area contributed by atoms with E-state index in [4.69, 9.17) is 4.74 Å². The highest BCUT2D eigenvalue weighted by Crippen LogP contribution is 2.62. The van der Waals surface area contributed by atoms with E-state index in [9.17, 15) is 24.5 Å². The molecule has 4 aromatic rings. The lowest BCUT2D eigenvalue weighted by atomic mass is 9.62. The number of nitrogens with one attached hydrogen (secondary N) is 1. The minimum atomic E-state index is -1.54. The van der Waals surface area contributed by atoms with E-state index in [1.165, 1.54) is 31.4 Å². The van der Waals surface area contributed by atoms with Gasteiger partial charge in [-0.2, -0.15) is 0 Å². The number of carbonyl (C=O) groups is 3. The van der Waals surface area contributed by atoms with Crippen molar-refractivity contribution in [3.8, 4) is 5.75 Å². The van der Waals surface area contributed by atoms with Crippen LogP contribution in [0.5, 0.6) is 5.75 Å². The van der Waals surface area contributed by atoms with Crippen LogP contribution in [0.4, 0.5) is 11.4 Å². The van der Waals surface area contributed by atoms with Crippen molar-refractivity contribution in [3.05, 3.63) is 141 Å². The fourth-order valence-corrected chi connectivity index (χ4v) is 7.13. The van der Waals surface area contributed by atoms with Crippen LogP contribution in [0.3, 0.4) is 0 Å². The maximum absolute atomic E-state index is 14.9. The molecule has 1 saturated heterocycles. The Bertz CT molecular complexity index is 1880. The Morgan fingerprint density at radius 2 is 1.67 bits per heavy atom. The van der Waals surface area contributed by atoms with E-state index in [0.717, 1.165) is 11.1 Å². The average Bonchev–Trinajstić information content (AvgIpc) is 3.52. The van der Waals surface area contributed by atoms with Crippen LogP contribution in [0.1, 0.15) is 43.4 Å². The maximum Gasteiger partial charge on any atom is 0.270 e. The van der Waals surface area contributed by atoms with E-state index in [0.29, 0.717) is 17.0 Å². The number of carbonyl (C=O) groups excluding carboxylic acids is 3. The molecule has 212 valence electrons. The summed E-state index contributed by atoms with van der Waals surface area (Å²) in [6.07, 6.45) is 3.66. The standard InChI is InChI=1S/C34H25N3O6/c1-43-27-16-7-4-13-24(27)31(39)29-28(30(38)21-10-8-11-22(19-21)37(41)42)34(25-14-5-6-15-26(25)35-33(34)40)32-23-12-3-2-9-20(23)17-18-36(29)32/h2-19,28-29,32H,1H3,(H,35,40)/t28-,29-,32+,34+/m0/s1. The summed E-state index contributed by atoms with van der Waals surface area (Å²) in [6, 6.07) is 25.2. The van der Waals surface area contributed by atoms with E-state index in [2.05, 4.69) is 5.32 Å². The van der Waals surface area contributed by atoms with Gasteiger partial charge in [-0.3, -0.25) is 24.5 Å². The van der Waals surface area contributed by atoms with Crippen LogP contribution in [0.15, 0.2) is 103 Å². The number of fused-ring (bicyclic) bond motifs is 6. The van der Waals surface area contributed by atoms with Crippen LogP contribution in [-0.4, -0.2) is 40.4 Å². The van der Waals surface area contributed by atoms with Gasteiger partial charge in [-0.1, -0.05) is 66.7 Å². The molecule has 1 fully saturated rings. The highest BCUT2D eigenvalue weighted by molar-refractivity contribution is 6.17. The molecule has 43 heavy (non-hydrogen) atoms. The summed E-state index contributed by atoms with van der Waals surface area (Å²) in [5, 5.41) is 14.7. The Morgan fingerprint density at radius 3 is 2.49 bits per heavy atom. The van der Waals surface area contributed by atoms with Gasteiger partial charge >= 0.3 is 0 Å². The molecule has 9 nitrogen and oxygen atoms in total. The normalized spacial score (nSPS) is 22.9. The molecule has 1 spiro atoms. The number of benzene rings is 4. The number of hydrogen-bond acceptors (Lipinski definition) is 7. The molecule has 3 heterocycles. The van der Waals surface area contributed by atoms with Crippen molar-refractivity contribution < 1.29 is 24.0 Å². The Hall–Kier alpha value is -5.57. The first-order valence-corrected chi connectivity index (χ1v) is 13.8. The molecule has 4 atom stereocenters. The minimum absolute atomic E-state index is 0.0469. The van der Waals surface area contributed by atoms with Crippen LogP contribution in [0.2, 0.25) is 0 Å². The van der Waals surface area contributed by atoms with Gasteiger partial charge in [0.05, 0.1) is 29.6 Å². The van der Waals surface area contributed by atoms with Crippen LogP contribution < -0.4 is 10.1 Å². The third-order valence-corrected chi connectivity index (χ3v) is 8.84. The van der Waals surface area contributed by atoms with Crippen molar-refractivity contribution in [2.24, 2.45) is 5.92 Å². The zero-order valence-electron chi connectivity index (χ0n) is 23.0. The number of rotatable bonds is 6. The Balaban J connectivity index is 1.54. The molecule has 7 rings (SSSR count). The summed E-state index contributed by atoms with van der Waals surface area (Å²) in [4.78, 5) is 57.0. The number of hydrogen-bond donors (Lipinski definition) is 1. The van der Waals surface area contributed by atoms with Gasteiger partial charge in [0.25, 0.3) is 5.69 Å². The summed E-state index contributed by atoms with van der Waals surface area (Å²) in [5.74, 6) is -2.26. The van der Waals surface area contributed by atoms with E-state index in [1.54, 1.807) is 48.7 Å². The van der Waals surface area contributed by atoms with Crippen molar-refractivity contribution in [2.45, 2.75) is 17.5 Å². The molecule has 9 heteroatoms. The number of ether oxygens (including phenoxy) is 1. The molecule has 3 aliphatic rings. The molecule has 0 aromatic heterocycles. The monoisotopic (exact) mass is 571 g/mol. The molecule has 0 bridgehead atoms. The number of amides is 1. The second-order valence-corrected chi connectivity index (χ2v) is 10.8. The number of anilines is 1. The number of non-ortho nitro benzene ring substituents is 1. The number of ketones is 2. The van der Waals surface area contributed by atoms with Crippen molar-refractivity contribution in [3.63, 3.8) is 0 Å². The number of nitrogens with zero attached hydrogens (tertiary/aromatic N) is 2. The van der Waals surface area contributed by atoms with Gasteiger partial charge in [0.1, 0.15) is 17.2 Å². The SMILES string of the molecule is COc1ccccc1C(=O)[C@@H]1[C@@H](C(=O)c2cccc([N+](=O)[O-])c2)[C@@]2(C(=O)Nc3ccccc32)[C@H]2c3ccccc3C=CN12. The molecule has 1 N–H and O–H groups in total. The van der Waals surface area contributed by atoms with E-state index in [-0.39, 0.29) is 16.8 Å². The lowest BCUT2D eigenvalue weighted by Gasteiger charge is -2.38. The lowest BCUT2D eigenvalue weighted by molar-refractivity contribution is -0.384. The van der Waals surface area contributed by atoms with E-state index in [1.807, 2.05) is 41.3 Å². The fourth-order valence-electron chi connectivity index (χ4n) is 7.13. The quantitative estimate of drug-likeness (QED) is 0.182. The van der Waals surface area contributed by atoms with Crippen LogP contribution in [-0.2, 0) is 10.2 Å². The van der Waals surface area contributed by atoms with Crippen molar-refractivity contribution in [1.82, 2.24) is 4.90 Å². The van der Waals surface area contributed by atoms with Gasteiger partial charge in [0.2, 0.25) is 5.91 Å². The smallest absolute Gasteiger partial charge is 0.270 e. The Labute approximate surface area is 246 Å². The number of para-hydroxylation sites is 2. The highest BCUT2D eigenvalue weighted by atomic mass is 16.6. The van der Waals surface area contributed by atoms with Crippen LogP contribution >= 0.6 is 0 Å². The van der Waals surface area contributed by atoms with Gasteiger partial charge in [-0.25, -0.2) is 0 Å². The van der Waals surface area contributed by atoms with Gasteiger partial charge in [-0.05, 0) is 41.0 Å². The van der Waals surface area contributed by atoms with Gasteiger partial charge in [-0.15, -0.1) is 0 Å². The second-order valence-electron chi connectivity index (χ2n) is 10.8. The minimum Gasteiger partial charge on any atom is -0.496 e. The fraction of sp³-hybridized carbons (Fsp3) is 0.147. The number of Topliss-reactive ketones (excluding diaryl/α,β-unsaturated/α-hetero) is 2. The molecule has 1 amide bonds. The second kappa shape index (κ2) is 9.77. The largest absolute Gasteiger partial charge is 0.496 e. The predicted octanol–water partition coefficient (Wildman–Crippen LogP) is 5.59. The summed E-state index contributed by atoms with van der Waals surface area (Å²) < 4.78 is 5.54. The first-order valence-electron chi connectivity index (χ1n) is 13.8. The topological polar surface area (TPSA) is 119 Å². The van der Waals surface area contributed by atoms with Gasteiger partial charge < -0.3 is 15.0 Å². The molecule has 0 aliphatic carbocycles. The predicted molar refractivity (Wildman–Crippen MR) is 159 cm³/mol. The number of nitro groups is 1. The molecular weight excluding hydrogens is 546 g/mol. The van der Waals surface area contributed by atoms with E-state index >= 15 is 0 Å². The van der Waals surface area contributed by atoms with Crippen molar-refractivity contribution in [1.29, 1.82) is 0 Å². The molecular formula is C34H25N3O6. The first kappa shape index (κ1) is 26.3. The molecule has 3 aliphatic heterocycles. The molecule has 0 unspecified atom stereocenters. The summed E-state index contributed by atoms with van der Waals surface area (Å²) in [7, 11) is 1.47. The van der Waals surface area contributed by atoms with Crippen molar-refractivity contribution in [2.75, 3.05) is 12.4 Å². The molecule has 4 aromatic carbocycles. The van der Waals surface area contributed by atoms with Gasteiger partial charge in [0.15, 0.2) is 11.6 Å². The van der Waals surface area contributed by atoms with Crippen LogP contribution in [0.25, 0.3) is 6.08 Å². The Kier molecular flexibility index (Phi) is 5.98. The zero-order chi connectivity index (χ0) is 29.9. The third kappa shape index (κ3) is 3.67. The summed E-state index contributed by atoms with van der Waals surface area (Å²) >= 11 is 0. The first-order chi connectivity index (χ1) is 20.9. The number of nitro benzene ring substituents is 1. The lowest BCUT2D eigenvalue weighted by Crippen LogP contribution is -2.49. The molecule has 0 saturated carbocycles. The van der Waals surface area contributed by atoms with Crippen LogP contribution in [0, 0.1) is 16.0 Å². The molecule has 0 radical (unpaired) electrons.